The zero-order valence-corrected chi connectivity index (χ0v) is 16.4. The van der Waals surface area contributed by atoms with Gasteiger partial charge >= 0.3 is 0 Å². The summed E-state index contributed by atoms with van der Waals surface area (Å²) in [5, 5.41) is 6.32. The molecule has 0 fully saturated rings. The lowest BCUT2D eigenvalue weighted by Crippen LogP contribution is -2.31. The van der Waals surface area contributed by atoms with Crippen LogP contribution in [0.2, 0.25) is 0 Å². The minimum Gasteiger partial charge on any atom is -0.460 e. The number of likely N-dealkylation sites (N-methyl/N-ethyl adjacent to an activating group) is 1. The second-order valence-electron chi connectivity index (χ2n) is 7.00. The first-order valence-electron chi connectivity index (χ1n) is 9.48. The van der Waals surface area contributed by atoms with Gasteiger partial charge in [0, 0.05) is 30.8 Å². The molecule has 146 valence electrons. The van der Waals surface area contributed by atoms with Crippen LogP contribution in [0.4, 0.5) is 0 Å². The van der Waals surface area contributed by atoms with Gasteiger partial charge in [-0.05, 0) is 43.9 Å². The molecule has 0 saturated heterocycles. The highest BCUT2D eigenvalue weighted by Gasteiger charge is 2.07. The fourth-order valence-corrected chi connectivity index (χ4v) is 2.88. The summed E-state index contributed by atoms with van der Waals surface area (Å²) in [6.07, 6.45) is 0. The summed E-state index contributed by atoms with van der Waals surface area (Å²) in [7, 11) is 3.97. The van der Waals surface area contributed by atoms with Crippen molar-refractivity contribution in [3.05, 3.63) is 83.6 Å². The minimum absolute atomic E-state index is 0.0396. The molecule has 5 nitrogen and oxygen atoms in total. The van der Waals surface area contributed by atoms with Crippen LogP contribution in [0.25, 0.3) is 11.3 Å². The summed E-state index contributed by atoms with van der Waals surface area (Å²) in [5.74, 6) is 1.72. The largest absolute Gasteiger partial charge is 0.460 e. The van der Waals surface area contributed by atoms with Crippen molar-refractivity contribution in [1.29, 1.82) is 0 Å². The second kappa shape index (κ2) is 9.88. The number of nitrogens with zero attached hydrogens (tertiary/aromatic N) is 1. The molecular weight excluding hydrogens is 350 g/mol. The number of hydrogen-bond acceptors (Lipinski definition) is 4. The molecule has 2 aromatic carbocycles. The van der Waals surface area contributed by atoms with Crippen LogP contribution in [0.1, 0.15) is 21.7 Å². The fourth-order valence-electron chi connectivity index (χ4n) is 2.88. The van der Waals surface area contributed by atoms with Crippen molar-refractivity contribution in [3.8, 4) is 11.3 Å². The van der Waals surface area contributed by atoms with E-state index in [0.717, 1.165) is 29.2 Å². The average molecular weight is 377 g/mol. The lowest BCUT2D eigenvalue weighted by Gasteiger charge is -2.11. The van der Waals surface area contributed by atoms with Gasteiger partial charge < -0.3 is 20.0 Å². The van der Waals surface area contributed by atoms with E-state index >= 15 is 0 Å². The van der Waals surface area contributed by atoms with Gasteiger partial charge in [0.25, 0.3) is 5.91 Å². The fraction of sp³-hybridized carbons (Fsp3) is 0.261. The van der Waals surface area contributed by atoms with E-state index in [2.05, 4.69) is 10.6 Å². The normalized spacial score (nSPS) is 11.0. The molecule has 1 heterocycles. The molecule has 0 saturated carbocycles. The molecule has 0 radical (unpaired) electrons. The number of furan rings is 1. The third-order valence-corrected chi connectivity index (χ3v) is 4.38. The molecule has 1 aromatic heterocycles. The van der Waals surface area contributed by atoms with Crippen LogP contribution in [-0.4, -0.2) is 38.0 Å². The van der Waals surface area contributed by atoms with Crippen LogP contribution in [0, 0.1) is 0 Å². The van der Waals surface area contributed by atoms with Crippen LogP contribution in [0.15, 0.2) is 71.1 Å². The first kappa shape index (κ1) is 19.9. The summed E-state index contributed by atoms with van der Waals surface area (Å²) < 4.78 is 5.90. The van der Waals surface area contributed by atoms with Crippen molar-refractivity contribution < 1.29 is 9.21 Å². The maximum atomic E-state index is 12.2. The van der Waals surface area contributed by atoms with E-state index in [1.165, 1.54) is 0 Å². The minimum atomic E-state index is -0.0396. The van der Waals surface area contributed by atoms with Gasteiger partial charge in [-0.15, -0.1) is 0 Å². The molecule has 0 bridgehead atoms. The predicted octanol–water partition coefficient (Wildman–Crippen LogP) is 3.53. The Morgan fingerprint density at radius 2 is 1.79 bits per heavy atom. The van der Waals surface area contributed by atoms with Gasteiger partial charge in [-0.1, -0.05) is 42.5 Å². The van der Waals surface area contributed by atoms with Crippen molar-refractivity contribution >= 4 is 5.91 Å². The predicted molar refractivity (Wildman–Crippen MR) is 112 cm³/mol. The van der Waals surface area contributed by atoms with E-state index in [1.54, 1.807) is 0 Å². The van der Waals surface area contributed by atoms with Crippen LogP contribution in [-0.2, 0) is 13.1 Å². The Balaban J connectivity index is 1.50. The highest BCUT2D eigenvalue weighted by Crippen LogP contribution is 2.21. The van der Waals surface area contributed by atoms with Crippen LogP contribution in [0.3, 0.4) is 0 Å². The SMILES string of the molecule is CN(C)CCNC(=O)c1cccc(CNCc2ccc(-c3ccccc3)o2)c1. The van der Waals surface area contributed by atoms with Crippen molar-refractivity contribution in [2.45, 2.75) is 13.1 Å². The van der Waals surface area contributed by atoms with E-state index in [4.69, 9.17) is 4.42 Å². The summed E-state index contributed by atoms with van der Waals surface area (Å²) >= 11 is 0. The molecule has 28 heavy (non-hydrogen) atoms. The lowest BCUT2D eigenvalue weighted by molar-refractivity contribution is 0.0951. The number of carbonyl (C=O) groups is 1. The molecule has 3 aromatic rings. The summed E-state index contributed by atoms with van der Waals surface area (Å²) in [5.41, 5.74) is 2.82. The van der Waals surface area contributed by atoms with Gasteiger partial charge in [0.15, 0.2) is 0 Å². The van der Waals surface area contributed by atoms with E-state index in [0.29, 0.717) is 25.2 Å². The van der Waals surface area contributed by atoms with Gasteiger partial charge in [0.1, 0.15) is 11.5 Å². The van der Waals surface area contributed by atoms with Crippen molar-refractivity contribution in [2.24, 2.45) is 0 Å². The summed E-state index contributed by atoms with van der Waals surface area (Å²) in [6, 6.07) is 21.7. The smallest absolute Gasteiger partial charge is 0.251 e. The van der Waals surface area contributed by atoms with Crippen molar-refractivity contribution in [3.63, 3.8) is 0 Å². The third-order valence-electron chi connectivity index (χ3n) is 4.38. The second-order valence-corrected chi connectivity index (χ2v) is 7.00. The van der Waals surface area contributed by atoms with E-state index in [-0.39, 0.29) is 5.91 Å². The van der Waals surface area contributed by atoms with Gasteiger partial charge in [-0.3, -0.25) is 4.79 Å². The molecule has 5 heteroatoms. The Morgan fingerprint density at radius 3 is 2.57 bits per heavy atom. The quantitative estimate of drug-likeness (QED) is 0.599. The first-order chi connectivity index (χ1) is 13.6. The number of rotatable bonds is 9. The number of amides is 1. The Kier molecular flexibility index (Phi) is 7.00. The Labute approximate surface area is 166 Å². The molecule has 1 amide bonds. The average Bonchev–Trinajstić information content (AvgIpc) is 3.17. The Bertz CT molecular complexity index is 888. The third kappa shape index (κ3) is 5.81. The van der Waals surface area contributed by atoms with E-state index in [1.807, 2.05) is 85.7 Å². The molecule has 0 spiro atoms. The molecule has 2 N–H and O–H groups in total. The van der Waals surface area contributed by atoms with Crippen LogP contribution in [0.5, 0.6) is 0 Å². The topological polar surface area (TPSA) is 57.5 Å². The molecule has 0 aliphatic carbocycles. The standard InChI is InChI=1S/C23H27N3O2/c1-26(2)14-13-25-23(27)20-10-6-7-18(15-20)16-24-17-21-11-12-22(28-21)19-8-4-3-5-9-19/h3-12,15,24H,13-14,16-17H2,1-2H3,(H,25,27). The molecule has 3 rings (SSSR count). The number of carbonyl (C=O) groups excluding carboxylic acids is 1. The molecular formula is C23H27N3O2. The maximum Gasteiger partial charge on any atom is 0.251 e. The van der Waals surface area contributed by atoms with Gasteiger partial charge in [-0.25, -0.2) is 0 Å². The zero-order valence-electron chi connectivity index (χ0n) is 16.4. The Hall–Kier alpha value is -2.89. The number of benzene rings is 2. The highest BCUT2D eigenvalue weighted by atomic mass is 16.3. The lowest BCUT2D eigenvalue weighted by atomic mass is 10.1. The highest BCUT2D eigenvalue weighted by molar-refractivity contribution is 5.94. The van der Waals surface area contributed by atoms with E-state index in [9.17, 15) is 4.79 Å². The Morgan fingerprint density at radius 1 is 0.964 bits per heavy atom. The van der Waals surface area contributed by atoms with Gasteiger partial charge in [0.05, 0.1) is 6.54 Å². The molecule has 0 aliphatic heterocycles. The number of nitrogens with one attached hydrogen (secondary N) is 2. The van der Waals surface area contributed by atoms with Crippen LogP contribution < -0.4 is 10.6 Å². The monoisotopic (exact) mass is 377 g/mol. The molecule has 0 unspecified atom stereocenters. The van der Waals surface area contributed by atoms with Crippen LogP contribution >= 0.6 is 0 Å². The van der Waals surface area contributed by atoms with Crippen molar-refractivity contribution in [2.75, 3.05) is 27.2 Å². The maximum absolute atomic E-state index is 12.2. The molecule has 0 atom stereocenters. The zero-order chi connectivity index (χ0) is 19.8. The first-order valence-corrected chi connectivity index (χ1v) is 9.48. The van der Waals surface area contributed by atoms with E-state index < -0.39 is 0 Å². The van der Waals surface area contributed by atoms with Gasteiger partial charge in [0.2, 0.25) is 0 Å². The van der Waals surface area contributed by atoms with Gasteiger partial charge in [-0.2, -0.15) is 0 Å². The van der Waals surface area contributed by atoms with Crippen molar-refractivity contribution in [1.82, 2.24) is 15.5 Å². The summed E-state index contributed by atoms with van der Waals surface area (Å²) in [6.45, 7) is 2.75. The summed E-state index contributed by atoms with van der Waals surface area (Å²) in [4.78, 5) is 14.3. The molecule has 0 aliphatic rings. The number of hydrogen-bond donors (Lipinski definition) is 2.